The Morgan fingerprint density at radius 3 is 2.64 bits per heavy atom. The minimum absolute atomic E-state index is 0.181. The third-order valence-electron chi connectivity index (χ3n) is 5.35. The van der Waals surface area contributed by atoms with E-state index in [0.29, 0.717) is 29.7 Å². The van der Waals surface area contributed by atoms with Crippen molar-refractivity contribution in [2.75, 3.05) is 20.1 Å². The molecule has 1 aliphatic heterocycles. The van der Waals surface area contributed by atoms with Crippen LogP contribution in [0.4, 0.5) is 4.39 Å². The van der Waals surface area contributed by atoms with Crippen LogP contribution in [-0.4, -0.2) is 35.5 Å². The molecule has 0 spiro atoms. The molecule has 6 heteroatoms. The van der Waals surface area contributed by atoms with Crippen LogP contribution in [0.1, 0.15) is 35.4 Å². The normalized spacial score (nSPS) is 15.4. The van der Waals surface area contributed by atoms with Crippen molar-refractivity contribution in [3.05, 3.63) is 71.1 Å². The summed E-state index contributed by atoms with van der Waals surface area (Å²) in [5.41, 5.74) is 2.96. The van der Waals surface area contributed by atoms with Crippen LogP contribution in [0.5, 0.6) is 0 Å². The minimum Gasteiger partial charge on any atom is -0.337 e. The smallest absolute Gasteiger partial charge is 0.270 e. The molecule has 0 radical (unpaired) electrons. The first kappa shape index (κ1) is 19.6. The number of pyridine rings is 1. The van der Waals surface area contributed by atoms with Crippen molar-refractivity contribution in [2.24, 2.45) is 4.99 Å². The van der Waals surface area contributed by atoms with Gasteiger partial charge in [0.25, 0.3) is 5.91 Å². The molecule has 1 aliphatic rings. The third kappa shape index (κ3) is 3.74. The highest BCUT2D eigenvalue weighted by Crippen LogP contribution is 2.31. The number of halogens is 1. The van der Waals surface area contributed by atoms with E-state index in [1.54, 1.807) is 47.8 Å². The number of rotatable bonds is 3. The zero-order valence-corrected chi connectivity index (χ0v) is 16.2. The van der Waals surface area contributed by atoms with E-state index in [1.807, 2.05) is 6.07 Å². The first-order valence-electron chi connectivity index (χ1n) is 9.25. The second-order valence-corrected chi connectivity index (χ2v) is 6.95. The standard InChI is InChI=1S/C22H23FN4O/c1-15-19(5-4-6-20(15)23)18-9-11-26(12-10-18)22(28)16(2)27-14-17(13-24)7-8-21(27)25-3/h4-8,14,18H,2,9-12H2,1,3H3. The number of amides is 1. The van der Waals surface area contributed by atoms with Gasteiger partial charge < -0.3 is 4.90 Å². The van der Waals surface area contributed by atoms with E-state index >= 15 is 0 Å². The Hall–Kier alpha value is -3.20. The molecule has 0 aliphatic carbocycles. The van der Waals surface area contributed by atoms with Gasteiger partial charge in [0.2, 0.25) is 0 Å². The molecule has 2 heterocycles. The van der Waals surface area contributed by atoms with Crippen molar-refractivity contribution in [1.29, 1.82) is 5.26 Å². The number of hydrogen-bond acceptors (Lipinski definition) is 3. The van der Waals surface area contributed by atoms with Gasteiger partial charge in [-0.05, 0) is 55.0 Å². The fourth-order valence-corrected chi connectivity index (χ4v) is 3.70. The number of hydrogen-bond donors (Lipinski definition) is 0. The highest BCUT2D eigenvalue weighted by molar-refractivity contribution is 6.12. The molecule has 0 atom stereocenters. The van der Waals surface area contributed by atoms with Crippen LogP contribution in [-0.2, 0) is 4.79 Å². The summed E-state index contributed by atoms with van der Waals surface area (Å²) in [6.45, 7) is 6.90. The molecule has 1 saturated heterocycles. The third-order valence-corrected chi connectivity index (χ3v) is 5.35. The van der Waals surface area contributed by atoms with Gasteiger partial charge in [-0.2, -0.15) is 5.26 Å². The molecule has 1 fully saturated rings. The average molecular weight is 378 g/mol. The monoisotopic (exact) mass is 378 g/mol. The van der Waals surface area contributed by atoms with Crippen LogP contribution in [0.25, 0.3) is 5.70 Å². The lowest BCUT2D eigenvalue weighted by atomic mass is 9.86. The van der Waals surface area contributed by atoms with Gasteiger partial charge in [0.05, 0.1) is 5.56 Å². The first-order valence-corrected chi connectivity index (χ1v) is 9.25. The summed E-state index contributed by atoms with van der Waals surface area (Å²) in [6.07, 6.45) is 3.12. The van der Waals surface area contributed by atoms with E-state index in [2.05, 4.69) is 17.6 Å². The maximum absolute atomic E-state index is 13.9. The Morgan fingerprint density at radius 2 is 2.00 bits per heavy atom. The summed E-state index contributed by atoms with van der Waals surface area (Å²) < 4.78 is 15.4. The van der Waals surface area contributed by atoms with Crippen LogP contribution < -0.4 is 5.49 Å². The van der Waals surface area contributed by atoms with Crippen molar-refractivity contribution >= 4 is 11.6 Å². The average Bonchev–Trinajstić information content (AvgIpc) is 2.74. The Bertz CT molecular complexity index is 1020. The van der Waals surface area contributed by atoms with Crippen LogP contribution in [0.3, 0.4) is 0 Å². The quantitative estimate of drug-likeness (QED) is 0.770. The van der Waals surface area contributed by atoms with Gasteiger partial charge >= 0.3 is 0 Å². The van der Waals surface area contributed by atoms with E-state index in [-0.39, 0.29) is 23.3 Å². The number of piperidine rings is 1. The van der Waals surface area contributed by atoms with E-state index in [1.165, 1.54) is 6.07 Å². The molecule has 0 bridgehead atoms. The first-order chi connectivity index (χ1) is 13.5. The van der Waals surface area contributed by atoms with Crippen LogP contribution in [0.15, 0.2) is 48.1 Å². The van der Waals surface area contributed by atoms with Gasteiger partial charge in [-0.15, -0.1) is 0 Å². The van der Waals surface area contributed by atoms with Gasteiger partial charge in [0.1, 0.15) is 23.1 Å². The summed E-state index contributed by atoms with van der Waals surface area (Å²) in [7, 11) is 1.63. The number of aromatic nitrogens is 1. The van der Waals surface area contributed by atoms with Gasteiger partial charge in [0.15, 0.2) is 0 Å². The van der Waals surface area contributed by atoms with E-state index in [0.717, 1.165) is 18.4 Å². The summed E-state index contributed by atoms with van der Waals surface area (Å²) in [4.78, 5) is 18.9. The molecule has 0 saturated carbocycles. The fourth-order valence-electron chi connectivity index (χ4n) is 3.70. The summed E-state index contributed by atoms with van der Waals surface area (Å²) in [6, 6.07) is 10.6. The minimum atomic E-state index is -0.186. The Morgan fingerprint density at radius 1 is 1.29 bits per heavy atom. The molecule has 2 aromatic rings. The summed E-state index contributed by atoms with van der Waals surface area (Å²) in [5.74, 6) is -0.128. The second-order valence-electron chi connectivity index (χ2n) is 6.95. The second kappa shape index (κ2) is 8.22. The van der Waals surface area contributed by atoms with E-state index in [4.69, 9.17) is 5.26 Å². The number of nitrogens with zero attached hydrogens (tertiary/aromatic N) is 4. The Labute approximate surface area is 164 Å². The van der Waals surface area contributed by atoms with Gasteiger partial charge in [-0.3, -0.25) is 14.4 Å². The number of benzene rings is 1. The van der Waals surface area contributed by atoms with E-state index < -0.39 is 0 Å². The number of nitriles is 1. The van der Waals surface area contributed by atoms with Crippen molar-refractivity contribution in [2.45, 2.75) is 25.7 Å². The molecule has 3 rings (SSSR count). The highest BCUT2D eigenvalue weighted by atomic mass is 19.1. The molecular formula is C22H23FN4O. The van der Waals surface area contributed by atoms with Crippen molar-refractivity contribution in [1.82, 2.24) is 9.47 Å². The zero-order chi connectivity index (χ0) is 20.3. The molecule has 1 aromatic heterocycles. The molecule has 5 nitrogen and oxygen atoms in total. The molecule has 0 N–H and O–H groups in total. The molecule has 1 aromatic carbocycles. The number of likely N-dealkylation sites (tertiary alicyclic amines) is 1. The Balaban J connectivity index is 1.75. The highest BCUT2D eigenvalue weighted by Gasteiger charge is 2.27. The number of carbonyl (C=O) groups is 1. The van der Waals surface area contributed by atoms with Crippen molar-refractivity contribution in [3.8, 4) is 6.07 Å². The Kier molecular flexibility index (Phi) is 5.74. The van der Waals surface area contributed by atoms with Crippen LogP contribution in [0.2, 0.25) is 0 Å². The predicted octanol–water partition coefficient (Wildman–Crippen LogP) is 3.21. The maximum atomic E-state index is 13.9. The van der Waals surface area contributed by atoms with Crippen molar-refractivity contribution in [3.63, 3.8) is 0 Å². The molecule has 1 amide bonds. The topological polar surface area (TPSA) is 61.4 Å². The number of carbonyl (C=O) groups excluding carboxylic acids is 1. The van der Waals surface area contributed by atoms with Gasteiger partial charge in [-0.1, -0.05) is 18.7 Å². The lowest BCUT2D eigenvalue weighted by molar-refractivity contribution is -0.126. The molecule has 144 valence electrons. The van der Waals surface area contributed by atoms with Crippen molar-refractivity contribution < 1.29 is 9.18 Å². The van der Waals surface area contributed by atoms with E-state index in [9.17, 15) is 9.18 Å². The lowest BCUT2D eigenvalue weighted by Gasteiger charge is -2.33. The molecule has 0 unspecified atom stereocenters. The van der Waals surface area contributed by atoms with Crippen LogP contribution in [0, 0.1) is 24.1 Å². The van der Waals surface area contributed by atoms with Crippen LogP contribution >= 0.6 is 0 Å². The van der Waals surface area contributed by atoms with Gasteiger partial charge in [-0.25, -0.2) is 4.39 Å². The molecule has 28 heavy (non-hydrogen) atoms. The lowest BCUT2D eigenvalue weighted by Crippen LogP contribution is -2.40. The fraction of sp³-hybridized carbons (Fsp3) is 0.318. The van der Waals surface area contributed by atoms with Gasteiger partial charge in [0, 0.05) is 26.3 Å². The maximum Gasteiger partial charge on any atom is 0.270 e. The summed E-state index contributed by atoms with van der Waals surface area (Å²) >= 11 is 0. The summed E-state index contributed by atoms with van der Waals surface area (Å²) in [5, 5.41) is 9.13. The largest absolute Gasteiger partial charge is 0.337 e. The predicted molar refractivity (Wildman–Crippen MR) is 106 cm³/mol. The zero-order valence-electron chi connectivity index (χ0n) is 16.2. The molecular weight excluding hydrogens is 355 g/mol. The SMILES string of the molecule is C=C(C(=O)N1CCC(c2cccc(F)c2C)CC1)n1cc(C#N)ccc1=NC.